The van der Waals surface area contributed by atoms with Gasteiger partial charge < -0.3 is 19.4 Å². The number of carbonyl (C=O) groups is 2. The van der Waals surface area contributed by atoms with Crippen LogP contribution in [0.1, 0.15) is 28.5 Å². The molecule has 1 aliphatic carbocycles. The van der Waals surface area contributed by atoms with Crippen LogP contribution in [0, 0.1) is 0 Å². The molecule has 3 aromatic carbocycles. The first kappa shape index (κ1) is 24.4. The summed E-state index contributed by atoms with van der Waals surface area (Å²) in [5.74, 6) is -2.95. The maximum Gasteiger partial charge on any atom is 0.324 e. The number of hydrogen-bond acceptors (Lipinski definition) is 8. The number of carbonyl (C=O) groups excluding carboxylic acids is 2. The Labute approximate surface area is 203 Å². The Morgan fingerprint density at radius 2 is 1.51 bits per heavy atom. The molecular formula is C26H25NO7S. The van der Waals surface area contributed by atoms with Crippen LogP contribution < -0.4 is 9.92 Å². The number of methoxy groups -OCH3 is 1. The van der Waals surface area contributed by atoms with Crippen molar-refractivity contribution in [1.82, 2.24) is 0 Å². The summed E-state index contributed by atoms with van der Waals surface area (Å²) in [6.45, 7) is 0.0473. The highest BCUT2D eigenvalue weighted by atomic mass is 32.2. The molecule has 1 aliphatic rings. The van der Waals surface area contributed by atoms with Crippen LogP contribution in [0.15, 0.2) is 72.8 Å². The number of nitrogens with two attached hydrogens (primary N) is 1. The van der Waals surface area contributed by atoms with Crippen LogP contribution in [0.3, 0.4) is 0 Å². The minimum atomic E-state index is -3.79. The summed E-state index contributed by atoms with van der Waals surface area (Å²) >= 11 is 0. The topological polar surface area (TPSA) is 122 Å². The summed E-state index contributed by atoms with van der Waals surface area (Å²) in [6.07, 6.45) is 0.903. The SMILES string of the molecule is COC(=O)C(c1cccc(OS(C)(=O)=O)c1)C(N)C(=O)OCC1c2ccccc2-c2ccccc21. The molecule has 0 spiro atoms. The van der Waals surface area contributed by atoms with E-state index in [1.165, 1.54) is 31.4 Å². The second-order valence-electron chi connectivity index (χ2n) is 8.24. The Morgan fingerprint density at radius 3 is 2.09 bits per heavy atom. The summed E-state index contributed by atoms with van der Waals surface area (Å²) in [5.41, 5.74) is 10.7. The second-order valence-corrected chi connectivity index (χ2v) is 9.82. The van der Waals surface area contributed by atoms with Crippen molar-refractivity contribution in [3.63, 3.8) is 0 Å². The van der Waals surface area contributed by atoms with Crippen LogP contribution in [-0.4, -0.2) is 46.4 Å². The molecule has 0 fully saturated rings. The third-order valence-electron chi connectivity index (χ3n) is 5.91. The van der Waals surface area contributed by atoms with Gasteiger partial charge in [-0.25, -0.2) is 0 Å². The van der Waals surface area contributed by atoms with Gasteiger partial charge in [-0.05, 0) is 39.9 Å². The lowest BCUT2D eigenvalue weighted by Gasteiger charge is -2.22. The number of ether oxygens (including phenoxy) is 2. The minimum absolute atomic E-state index is 0.0151. The third kappa shape index (κ3) is 5.21. The monoisotopic (exact) mass is 495 g/mol. The lowest BCUT2D eigenvalue weighted by molar-refractivity contribution is -0.152. The Morgan fingerprint density at radius 1 is 0.914 bits per heavy atom. The maximum absolute atomic E-state index is 13.0. The zero-order chi connectivity index (χ0) is 25.2. The molecule has 3 aromatic rings. The van der Waals surface area contributed by atoms with Gasteiger partial charge in [-0.1, -0.05) is 60.7 Å². The molecule has 0 aliphatic heterocycles. The van der Waals surface area contributed by atoms with Gasteiger partial charge in [0, 0.05) is 5.92 Å². The molecule has 0 amide bonds. The van der Waals surface area contributed by atoms with Crippen LogP contribution in [0.5, 0.6) is 5.75 Å². The van der Waals surface area contributed by atoms with Crippen molar-refractivity contribution in [2.75, 3.05) is 20.0 Å². The molecule has 8 nitrogen and oxygen atoms in total. The van der Waals surface area contributed by atoms with Gasteiger partial charge in [0.25, 0.3) is 0 Å². The molecule has 182 valence electrons. The molecule has 4 rings (SSSR count). The van der Waals surface area contributed by atoms with E-state index >= 15 is 0 Å². The van der Waals surface area contributed by atoms with Gasteiger partial charge in [-0.3, -0.25) is 9.59 Å². The first-order chi connectivity index (χ1) is 16.7. The largest absolute Gasteiger partial charge is 0.468 e. The number of fused-ring (bicyclic) bond motifs is 3. The van der Waals surface area contributed by atoms with Crippen LogP contribution in [0.2, 0.25) is 0 Å². The molecule has 2 N–H and O–H groups in total. The van der Waals surface area contributed by atoms with Crippen molar-refractivity contribution in [3.05, 3.63) is 89.5 Å². The average molecular weight is 496 g/mol. The summed E-state index contributed by atoms with van der Waals surface area (Å²) in [4.78, 5) is 25.6. The van der Waals surface area contributed by atoms with E-state index in [9.17, 15) is 18.0 Å². The second kappa shape index (κ2) is 9.89. The fourth-order valence-corrected chi connectivity index (χ4v) is 4.84. The van der Waals surface area contributed by atoms with E-state index in [2.05, 4.69) is 0 Å². The fourth-order valence-electron chi connectivity index (χ4n) is 4.39. The van der Waals surface area contributed by atoms with Gasteiger partial charge in [-0.2, -0.15) is 8.42 Å². The highest BCUT2D eigenvalue weighted by Gasteiger charge is 2.36. The Kier molecular flexibility index (Phi) is 6.90. The van der Waals surface area contributed by atoms with Gasteiger partial charge in [0.05, 0.1) is 13.4 Å². The van der Waals surface area contributed by atoms with E-state index in [1.807, 2.05) is 48.5 Å². The fraction of sp³-hybridized carbons (Fsp3) is 0.231. The standard InChI is InChI=1S/C26H25NO7S/c1-32-25(28)23(16-8-7-9-17(14-16)34-35(2,30)31)24(27)26(29)33-15-22-20-12-5-3-10-18(20)19-11-4-6-13-21(19)22/h3-14,22-24H,15,27H2,1-2H3. The van der Waals surface area contributed by atoms with Gasteiger partial charge >= 0.3 is 22.1 Å². The smallest absolute Gasteiger partial charge is 0.324 e. The molecule has 0 saturated heterocycles. The Bertz CT molecular complexity index is 1320. The molecule has 2 unspecified atom stereocenters. The van der Waals surface area contributed by atoms with E-state index in [-0.39, 0.29) is 23.8 Å². The van der Waals surface area contributed by atoms with Crippen molar-refractivity contribution in [2.45, 2.75) is 17.9 Å². The van der Waals surface area contributed by atoms with E-state index in [0.29, 0.717) is 0 Å². The minimum Gasteiger partial charge on any atom is -0.468 e. The highest BCUT2D eigenvalue weighted by molar-refractivity contribution is 7.86. The maximum atomic E-state index is 13.0. The number of hydrogen-bond donors (Lipinski definition) is 1. The van der Waals surface area contributed by atoms with Crippen molar-refractivity contribution < 1.29 is 31.7 Å². The van der Waals surface area contributed by atoms with Gasteiger partial charge in [0.15, 0.2) is 0 Å². The van der Waals surface area contributed by atoms with Gasteiger partial charge in [0.1, 0.15) is 24.3 Å². The average Bonchev–Trinajstić information content (AvgIpc) is 3.15. The molecule has 35 heavy (non-hydrogen) atoms. The molecule has 9 heteroatoms. The number of rotatable bonds is 8. The number of benzene rings is 3. The molecule has 0 heterocycles. The lowest BCUT2D eigenvalue weighted by atomic mass is 9.91. The Hall–Kier alpha value is -3.69. The number of esters is 2. The van der Waals surface area contributed by atoms with Crippen molar-refractivity contribution in [3.8, 4) is 16.9 Å². The summed E-state index contributed by atoms with van der Waals surface area (Å²) in [7, 11) is -2.61. The molecular weight excluding hydrogens is 470 g/mol. The molecule has 2 atom stereocenters. The van der Waals surface area contributed by atoms with Crippen molar-refractivity contribution in [1.29, 1.82) is 0 Å². The molecule has 0 aromatic heterocycles. The van der Waals surface area contributed by atoms with E-state index in [4.69, 9.17) is 19.4 Å². The zero-order valence-electron chi connectivity index (χ0n) is 19.2. The normalized spacial score (nSPS) is 14.4. The quantitative estimate of drug-likeness (QED) is 0.374. The summed E-state index contributed by atoms with van der Waals surface area (Å²) < 4.78 is 38.3. The summed E-state index contributed by atoms with van der Waals surface area (Å²) in [5, 5.41) is 0. The van der Waals surface area contributed by atoms with Crippen molar-refractivity contribution >= 4 is 22.1 Å². The van der Waals surface area contributed by atoms with Crippen LogP contribution in [0.4, 0.5) is 0 Å². The molecule has 0 radical (unpaired) electrons. The highest BCUT2D eigenvalue weighted by Crippen LogP contribution is 2.44. The zero-order valence-corrected chi connectivity index (χ0v) is 20.0. The first-order valence-corrected chi connectivity index (χ1v) is 12.7. The molecule has 0 saturated carbocycles. The van der Waals surface area contributed by atoms with Crippen LogP contribution in [0.25, 0.3) is 11.1 Å². The van der Waals surface area contributed by atoms with Gasteiger partial charge in [-0.15, -0.1) is 0 Å². The predicted octanol–water partition coefficient (Wildman–Crippen LogP) is 2.96. The van der Waals surface area contributed by atoms with Crippen LogP contribution >= 0.6 is 0 Å². The van der Waals surface area contributed by atoms with E-state index in [1.54, 1.807) is 0 Å². The van der Waals surface area contributed by atoms with E-state index in [0.717, 1.165) is 28.5 Å². The third-order valence-corrected chi connectivity index (χ3v) is 6.40. The van der Waals surface area contributed by atoms with Crippen molar-refractivity contribution in [2.24, 2.45) is 5.73 Å². The van der Waals surface area contributed by atoms with E-state index < -0.39 is 34.0 Å². The lowest BCUT2D eigenvalue weighted by Crippen LogP contribution is -2.42. The Balaban J connectivity index is 1.55. The van der Waals surface area contributed by atoms with Crippen LogP contribution in [-0.2, 0) is 29.2 Å². The van der Waals surface area contributed by atoms with Gasteiger partial charge in [0.2, 0.25) is 0 Å². The summed E-state index contributed by atoms with van der Waals surface area (Å²) in [6, 6.07) is 20.2. The predicted molar refractivity (Wildman–Crippen MR) is 129 cm³/mol. The molecule has 0 bridgehead atoms. The first-order valence-electron chi connectivity index (χ1n) is 10.9.